The van der Waals surface area contributed by atoms with Crippen LogP contribution >= 0.6 is 11.6 Å². The van der Waals surface area contributed by atoms with E-state index < -0.39 is 0 Å². The molecule has 2 unspecified atom stereocenters. The van der Waals surface area contributed by atoms with Gasteiger partial charge in [-0.15, -0.1) is 0 Å². The number of hydrogen-bond donors (Lipinski definition) is 1. The fraction of sp³-hybridized carbons (Fsp3) is 0.429. The Morgan fingerprint density at radius 2 is 2.00 bits per heavy atom. The van der Waals surface area contributed by atoms with Crippen LogP contribution in [0.4, 0.5) is 0 Å². The fourth-order valence-corrected chi connectivity index (χ4v) is 2.32. The molecule has 1 N–H and O–H groups in total. The number of allylic oxidation sites excluding steroid dienone is 2. The van der Waals surface area contributed by atoms with E-state index in [9.17, 15) is 5.11 Å². The van der Waals surface area contributed by atoms with Crippen LogP contribution in [0.15, 0.2) is 36.4 Å². The first-order chi connectivity index (χ1) is 7.75. The summed E-state index contributed by atoms with van der Waals surface area (Å²) < 4.78 is 0. The third kappa shape index (κ3) is 3.10. The molecule has 0 saturated heterocycles. The summed E-state index contributed by atoms with van der Waals surface area (Å²) in [5, 5.41) is 10.9. The average Bonchev–Trinajstić information content (AvgIpc) is 2.33. The minimum absolute atomic E-state index is 0.230. The van der Waals surface area contributed by atoms with Crippen molar-refractivity contribution in [1.82, 2.24) is 0 Å². The van der Waals surface area contributed by atoms with Gasteiger partial charge in [0.2, 0.25) is 0 Å². The maximum absolute atomic E-state index is 10.1. The molecule has 1 aliphatic carbocycles. The van der Waals surface area contributed by atoms with Gasteiger partial charge in [-0.2, -0.15) is 0 Å². The normalized spacial score (nSPS) is 22.0. The highest BCUT2D eigenvalue weighted by Crippen LogP contribution is 2.24. The Hall–Kier alpha value is -0.790. The Morgan fingerprint density at radius 1 is 1.25 bits per heavy atom. The van der Waals surface area contributed by atoms with Gasteiger partial charge in [-0.1, -0.05) is 35.9 Å². The SMILES string of the molecule is OC(Cc1ccc(Cl)cc1)C1CC=CCC1. The van der Waals surface area contributed by atoms with Crippen LogP contribution in [0.2, 0.25) is 5.02 Å². The second-order valence-corrected chi connectivity index (χ2v) is 4.88. The minimum atomic E-state index is -0.230. The molecular weight excluding hydrogens is 220 g/mol. The van der Waals surface area contributed by atoms with E-state index in [0.717, 1.165) is 36.3 Å². The highest BCUT2D eigenvalue weighted by molar-refractivity contribution is 6.30. The minimum Gasteiger partial charge on any atom is -0.392 e. The van der Waals surface area contributed by atoms with Gasteiger partial charge in [0.15, 0.2) is 0 Å². The zero-order chi connectivity index (χ0) is 11.4. The van der Waals surface area contributed by atoms with Crippen molar-refractivity contribution < 1.29 is 5.11 Å². The van der Waals surface area contributed by atoms with Crippen molar-refractivity contribution in [2.45, 2.75) is 31.8 Å². The van der Waals surface area contributed by atoms with Gasteiger partial charge in [-0.05, 0) is 49.3 Å². The summed E-state index contributed by atoms with van der Waals surface area (Å²) >= 11 is 5.83. The third-order valence-corrected chi connectivity index (χ3v) is 3.46. The number of halogens is 1. The molecule has 0 fully saturated rings. The third-order valence-electron chi connectivity index (χ3n) is 3.21. The Kier molecular flexibility index (Phi) is 4.03. The van der Waals surface area contributed by atoms with E-state index >= 15 is 0 Å². The molecule has 0 aliphatic heterocycles. The highest BCUT2D eigenvalue weighted by Gasteiger charge is 2.19. The standard InChI is InChI=1S/C14H17ClO/c15-13-8-6-11(7-9-13)10-14(16)12-4-2-1-3-5-12/h1-2,6-9,12,14,16H,3-5,10H2. The number of rotatable bonds is 3. The van der Waals surface area contributed by atoms with E-state index in [2.05, 4.69) is 12.2 Å². The molecule has 1 aromatic rings. The van der Waals surface area contributed by atoms with Crippen LogP contribution in [0.3, 0.4) is 0 Å². The molecule has 86 valence electrons. The van der Waals surface area contributed by atoms with E-state index in [1.54, 1.807) is 0 Å². The lowest BCUT2D eigenvalue weighted by Crippen LogP contribution is -2.23. The first kappa shape index (κ1) is 11.7. The zero-order valence-corrected chi connectivity index (χ0v) is 10.0. The topological polar surface area (TPSA) is 20.2 Å². The van der Waals surface area contributed by atoms with Crippen molar-refractivity contribution in [2.24, 2.45) is 5.92 Å². The van der Waals surface area contributed by atoms with Crippen LogP contribution in [-0.2, 0) is 6.42 Å². The summed E-state index contributed by atoms with van der Waals surface area (Å²) in [6.45, 7) is 0. The van der Waals surface area contributed by atoms with Gasteiger partial charge < -0.3 is 5.11 Å². The molecule has 0 heterocycles. The Balaban J connectivity index is 1.93. The quantitative estimate of drug-likeness (QED) is 0.796. The van der Waals surface area contributed by atoms with E-state index in [-0.39, 0.29) is 6.10 Å². The Bertz CT molecular complexity index is 356. The molecule has 0 radical (unpaired) electrons. The van der Waals surface area contributed by atoms with Crippen molar-refractivity contribution in [3.05, 3.63) is 47.0 Å². The Labute approximate surface area is 102 Å². The van der Waals surface area contributed by atoms with Gasteiger partial charge in [0.1, 0.15) is 0 Å². The van der Waals surface area contributed by atoms with Gasteiger partial charge in [-0.25, -0.2) is 0 Å². The molecule has 0 aromatic heterocycles. The smallest absolute Gasteiger partial charge is 0.0611 e. The molecule has 0 amide bonds. The lowest BCUT2D eigenvalue weighted by atomic mass is 9.86. The molecule has 16 heavy (non-hydrogen) atoms. The van der Waals surface area contributed by atoms with Crippen molar-refractivity contribution in [1.29, 1.82) is 0 Å². The fourth-order valence-electron chi connectivity index (χ4n) is 2.20. The van der Waals surface area contributed by atoms with Crippen LogP contribution in [-0.4, -0.2) is 11.2 Å². The first-order valence-corrected chi connectivity index (χ1v) is 6.21. The summed E-state index contributed by atoms with van der Waals surface area (Å²) in [6, 6.07) is 7.74. The number of aliphatic hydroxyl groups is 1. The van der Waals surface area contributed by atoms with Crippen LogP contribution in [0.25, 0.3) is 0 Å². The Morgan fingerprint density at radius 3 is 2.62 bits per heavy atom. The summed E-state index contributed by atoms with van der Waals surface area (Å²) in [5.74, 6) is 0.417. The average molecular weight is 237 g/mol. The molecule has 0 bridgehead atoms. The van der Waals surface area contributed by atoms with Gasteiger partial charge >= 0.3 is 0 Å². The molecule has 2 heteroatoms. The van der Waals surface area contributed by atoms with E-state index in [4.69, 9.17) is 11.6 Å². The largest absolute Gasteiger partial charge is 0.392 e. The van der Waals surface area contributed by atoms with Gasteiger partial charge in [-0.3, -0.25) is 0 Å². The maximum Gasteiger partial charge on any atom is 0.0611 e. The maximum atomic E-state index is 10.1. The summed E-state index contributed by atoms with van der Waals surface area (Å²) in [5.41, 5.74) is 1.16. The second-order valence-electron chi connectivity index (χ2n) is 4.44. The molecule has 0 spiro atoms. The van der Waals surface area contributed by atoms with E-state index in [1.807, 2.05) is 24.3 Å². The summed E-state index contributed by atoms with van der Waals surface area (Å²) in [4.78, 5) is 0. The second kappa shape index (κ2) is 5.51. The van der Waals surface area contributed by atoms with Crippen molar-refractivity contribution >= 4 is 11.6 Å². The first-order valence-electron chi connectivity index (χ1n) is 5.83. The molecule has 1 aliphatic rings. The number of benzene rings is 1. The lowest BCUT2D eigenvalue weighted by Gasteiger charge is -2.23. The summed E-state index contributed by atoms with van der Waals surface area (Å²) in [6.07, 6.45) is 8.09. The molecule has 2 rings (SSSR count). The highest BCUT2D eigenvalue weighted by atomic mass is 35.5. The predicted molar refractivity (Wildman–Crippen MR) is 67.6 cm³/mol. The van der Waals surface area contributed by atoms with Crippen LogP contribution in [0, 0.1) is 5.92 Å². The number of hydrogen-bond acceptors (Lipinski definition) is 1. The van der Waals surface area contributed by atoms with Gasteiger partial charge in [0.25, 0.3) is 0 Å². The van der Waals surface area contributed by atoms with Crippen molar-refractivity contribution in [2.75, 3.05) is 0 Å². The monoisotopic (exact) mass is 236 g/mol. The zero-order valence-electron chi connectivity index (χ0n) is 9.27. The molecule has 1 nitrogen and oxygen atoms in total. The number of aliphatic hydroxyl groups excluding tert-OH is 1. The molecular formula is C14H17ClO. The van der Waals surface area contributed by atoms with E-state index in [1.165, 1.54) is 0 Å². The van der Waals surface area contributed by atoms with Crippen LogP contribution < -0.4 is 0 Å². The van der Waals surface area contributed by atoms with Gasteiger partial charge in [0.05, 0.1) is 6.10 Å². The molecule has 1 aromatic carbocycles. The van der Waals surface area contributed by atoms with Gasteiger partial charge in [0, 0.05) is 5.02 Å². The van der Waals surface area contributed by atoms with Crippen molar-refractivity contribution in [3.63, 3.8) is 0 Å². The van der Waals surface area contributed by atoms with E-state index in [0.29, 0.717) is 5.92 Å². The van der Waals surface area contributed by atoms with Crippen LogP contribution in [0.5, 0.6) is 0 Å². The molecule has 2 atom stereocenters. The summed E-state index contributed by atoms with van der Waals surface area (Å²) in [7, 11) is 0. The molecule has 0 saturated carbocycles. The van der Waals surface area contributed by atoms with Crippen LogP contribution in [0.1, 0.15) is 24.8 Å². The predicted octanol–water partition coefficient (Wildman–Crippen LogP) is 3.60. The van der Waals surface area contributed by atoms with Crippen molar-refractivity contribution in [3.8, 4) is 0 Å². The lowest BCUT2D eigenvalue weighted by molar-refractivity contribution is 0.102.